The first kappa shape index (κ1) is 31.0. The van der Waals surface area contributed by atoms with Gasteiger partial charge in [-0.15, -0.1) is 0 Å². The molecule has 44 heavy (non-hydrogen) atoms. The smallest absolute Gasteiger partial charge is 0.203 e. The Morgan fingerprint density at radius 1 is 0.568 bits per heavy atom. The molecule has 232 valence electrons. The van der Waals surface area contributed by atoms with Crippen molar-refractivity contribution in [2.45, 2.75) is 13.1 Å². The number of rotatable bonds is 12. The molecule has 1 saturated heterocycles. The summed E-state index contributed by atoms with van der Waals surface area (Å²) in [4.78, 5) is 9.64. The molecule has 2 heterocycles. The topological polar surface area (TPSA) is 74.8 Å². The number of benzene rings is 3. The van der Waals surface area contributed by atoms with Gasteiger partial charge in [-0.05, 0) is 58.7 Å². The van der Waals surface area contributed by atoms with Gasteiger partial charge in [-0.1, -0.05) is 24.3 Å². The minimum Gasteiger partial charge on any atom is -0.493 e. The number of aromatic nitrogens is 1. The van der Waals surface area contributed by atoms with Gasteiger partial charge in [0, 0.05) is 51.0 Å². The summed E-state index contributed by atoms with van der Waals surface area (Å²) in [6.45, 7) is 5.64. The number of ether oxygens (including phenoxy) is 6. The number of piperazine rings is 1. The molecule has 1 aliphatic heterocycles. The second-order valence-corrected chi connectivity index (χ2v) is 10.6. The van der Waals surface area contributed by atoms with Crippen LogP contribution in [-0.2, 0) is 13.1 Å². The van der Waals surface area contributed by atoms with E-state index in [2.05, 4.69) is 51.2 Å². The molecule has 0 aliphatic carbocycles. The lowest BCUT2D eigenvalue weighted by Gasteiger charge is -2.35. The Morgan fingerprint density at radius 2 is 1.07 bits per heavy atom. The van der Waals surface area contributed by atoms with Crippen LogP contribution in [0.1, 0.15) is 11.1 Å². The largest absolute Gasteiger partial charge is 0.493 e. The molecular formula is C35H41N3O6. The standard InChI is InChI=1S/C35H41N3O6/c1-39-30-18-26(19-31(40-2)34(30)43-5)28-10-8-7-9-25(28)23-38-15-13-37(14-16-38)22-24-11-12-36-29(17-24)27-20-32(41-3)35(44-6)33(21-27)42-4/h7-12,17-21H,13-16,22-23H2,1-6H3. The molecule has 1 aromatic heterocycles. The Labute approximate surface area is 259 Å². The molecule has 0 atom stereocenters. The zero-order valence-electron chi connectivity index (χ0n) is 26.4. The maximum Gasteiger partial charge on any atom is 0.203 e. The summed E-state index contributed by atoms with van der Waals surface area (Å²) < 4.78 is 33.3. The van der Waals surface area contributed by atoms with Crippen molar-refractivity contribution in [3.8, 4) is 56.9 Å². The Hall–Kier alpha value is -4.47. The maximum absolute atomic E-state index is 5.61. The van der Waals surface area contributed by atoms with E-state index in [1.807, 2.05) is 30.5 Å². The molecule has 0 N–H and O–H groups in total. The van der Waals surface area contributed by atoms with Crippen molar-refractivity contribution in [1.29, 1.82) is 0 Å². The molecule has 1 aliphatic rings. The van der Waals surface area contributed by atoms with E-state index >= 15 is 0 Å². The minimum absolute atomic E-state index is 0.568. The quantitative estimate of drug-likeness (QED) is 0.201. The van der Waals surface area contributed by atoms with Crippen LogP contribution in [0.25, 0.3) is 22.4 Å². The molecule has 9 heteroatoms. The molecular weight excluding hydrogens is 558 g/mol. The van der Waals surface area contributed by atoms with Crippen LogP contribution in [0.2, 0.25) is 0 Å². The molecule has 4 aromatic rings. The van der Waals surface area contributed by atoms with Crippen molar-refractivity contribution in [3.05, 3.63) is 78.0 Å². The fourth-order valence-electron chi connectivity index (χ4n) is 5.74. The molecule has 9 nitrogen and oxygen atoms in total. The minimum atomic E-state index is 0.568. The van der Waals surface area contributed by atoms with Gasteiger partial charge in [-0.25, -0.2) is 0 Å². The number of hydrogen-bond acceptors (Lipinski definition) is 9. The Balaban J connectivity index is 1.26. The summed E-state index contributed by atoms with van der Waals surface area (Å²) in [5, 5.41) is 0. The van der Waals surface area contributed by atoms with Crippen molar-refractivity contribution in [2.75, 3.05) is 68.8 Å². The van der Waals surface area contributed by atoms with E-state index < -0.39 is 0 Å². The van der Waals surface area contributed by atoms with Crippen molar-refractivity contribution in [1.82, 2.24) is 14.8 Å². The predicted octanol–water partition coefficient (Wildman–Crippen LogP) is 5.79. The summed E-state index contributed by atoms with van der Waals surface area (Å²) in [5.41, 5.74) is 6.45. The van der Waals surface area contributed by atoms with E-state index in [1.54, 1.807) is 42.7 Å². The molecule has 1 fully saturated rings. The van der Waals surface area contributed by atoms with Gasteiger partial charge in [0.05, 0.1) is 48.4 Å². The fourth-order valence-corrected chi connectivity index (χ4v) is 5.74. The lowest BCUT2D eigenvalue weighted by atomic mass is 9.98. The van der Waals surface area contributed by atoms with Crippen LogP contribution in [-0.4, -0.2) is 83.6 Å². The Bertz CT molecular complexity index is 1520. The third-order valence-corrected chi connectivity index (χ3v) is 8.04. The summed E-state index contributed by atoms with van der Waals surface area (Å²) in [7, 11) is 9.76. The molecule has 0 amide bonds. The van der Waals surface area contributed by atoms with Crippen LogP contribution in [0, 0.1) is 0 Å². The first-order valence-electron chi connectivity index (χ1n) is 14.6. The van der Waals surface area contributed by atoms with Crippen molar-refractivity contribution in [2.24, 2.45) is 0 Å². The Kier molecular flexibility index (Phi) is 10.1. The molecule has 0 bridgehead atoms. The van der Waals surface area contributed by atoms with Crippen LogP contribution in [0.3, 0.4) is 0 Å². The van der Waals surface area contributed by atoms with E-state index in [1.165, 1.54) is 11.1 Å². The van der Waals surface area contributed by atoms with E-state index in [0.717, 1.165) is 61.7 Å². The molecule has 3 aromatic carbocycles. The van der Waals surface area contributed by atoms with Gasteiger partial charge >= 0.3 is 0 Å². The van der Waals surface area contributed by atoms with Crippen LogP contribution in [0.4, 0.5) is 0 Å². The van der Waals surface area contributed by atoms with Crippen LogP contribution in [0.15, 0.2) is 66.9 Å². The van der Waals surface area contributed by atoms with E-state index in [0.29, 0.717) is 34.5 Å². The lowest BCUT2D eigenvalue weighted by Crippen LogP contribution is -2.45. The highest BCUT2D eigenvalue weighted by Crippen LogP contribution is 2.42. The van der Waals surface area contributed by atoms with E-state index in [9.17, 15) is 0 Å². The Morgan fingerprint density at radius 3 is 1.59 bits per heavy atom. The van der Waals surface area contributed by atoms with Crippen LogP contribution >= 0.6 is 0 Å². The van der Waals surface area contributed by atoms with Gasteiger partial charge in [-0.2, -0.15) is 0 Å². The summed E-state index contributed by atoms with van der Waals surface area (Å²) in [6, 6.07) is 20.6. The highest BCUT2D eigenvalue weighted by atomic mass is 16.5. The number of nitrogens with zero attached hydrogens (tertiary/aromatic N) is 3. The van der Waals surface area contributed by atoms with Gasteiger partial charge in [0.2, 0.25) is 11.5 Å². The van der Waals surface area contributed by atoms with Gasteiger partial charge in [0.15, 0.2) is 23.0 Å². The van der Waals surface area contributed by atoms with Crippen molar-refractivity contribution >= 4 is 0 Å². The predicted molar refractivity (Wildman–Crippen MR) is 171 cm³/mol. The van der Waals surface area contributed by atoms with Gasteiger partial charge < -0.3 is 28.4 Å². The summed E-state index contributed by atoms with van der Waals surface area (Å²) >= 11 is 0. The highest BCUT2D eigenvalue weighted by molar-refractivity contribution is 5.73. The molecule has 0 unspecified atom stereocenters. The van der Waals surface area contributed by atoms with Gasteiger partial charge in [0.1, 0.15) is 0 Å². The highest BCUT2D eigenvalue weighted by Gasteiger charge is 2.21. The van der Waals surface area contributed by atoms with E-state index in [4.69, 9.17) is 28.4 Å². The van der Waals surface area contributed by atoms with E-state index in [-0.39, 0.29) is 0 Å². The second kappa shape index (κ2) is 14.3. The van der Waals surface area contributed by atoms with Crippen molar-refractivity contribution in [3.63, 3.8) is 0 Å². The first-order chi connectivity index (χ1) is 21.5. The molecule has 5 rings (SSSR count). The third-order valence-electron chi connectivity index (χ3n) is 8.04. The van der Waals surface area contributed by atoms with Gasteiger partial charge in [-0.3, -0.25) is 14.8 Å². The fraction of sp³-hybridized carbons (Fsp3) is 0.343. The average Bonchev–Trinajstić information content (AvgIpc) is 3.08. The number of methoxy groups -OCH3 is 6. The summed E-state index contributed by atoms with van der Waals surface area (Å²) in [6.07, 6.45) is 1.87. The van der Waals surface area contributed by atoms with Crippen molar-refractivity contribution < 1.29 is 28.4 Å². The zero-order valence-corrected chi connectivity index (χ0v) is 26.4. The number of hydrogen-bond donors (Lipinski definition) is 0. The third kappa shape index (κ3) is 6.69. The maximum atomic E-state index is 5.61. The number of pyridine rings is 1. The molecule has 0 saturated carbocycles. The summed E-state index contributed by atoms with van der Waals surface area (Å²) in [5.74, 6) is 3.68. The second-order valence-electron chi connectivity index (χ2n) is 10.6. The normalized spacial score (nSPS) is 13.8. The lowest BCUT2D eigenvalue weighted by molar-refractivity contribution is 0.122. The average molecular weight is 600 g/mol. The zero-order chi connectivity index (χ0) is 31.1. The van der Waals surface area contributed by atoms with Gasteiger partial charge in [0.25, 0.3) is 0 Å². The molecule has 0 spiro atoms. The molecule has 0 radical (unpaired) electrons. The SMILES string of the molecule is COc1cc(-c2cc(CN3CCN(Cc4ccccc4-c4cc(OC)c(OC)c(OC)c4)CC3)ccn2)cc(OC)c1OC. The van der Waals surface area contributed by atoms with Crippen LogP contribution < -0.4 is 28.4 Å². The van der Waals surface area contributed by atoms with Crippen LogP contribution in [0.5, 0.6) is 34.5 Å². The monoisotopic (exact) mass is 599 g/mol. The first-order valence-corrected chi connectivity index (χ1v) is 14.6.